The lowest BCUT2D eigenvalue weighted by molar-refractivity contribution is 0.0220. The topological polar surface area (TPSA) is 21.3 Å². The van der Waals surface area contributed by atoms with Gasteiger partial charge in [0.25, 0.3) is 0 Å². The fourth-order valence-electron chi connectivity index (χ4n) is 2.58. The molecule has 1 aliphatic carbocycles. The van der Waals surface area contributed by atoms with Crippen LogP contribution in [0.5, 0.6) is 0 Å². The summed E-state index contributed by atoms with van der Waals surface area (Å²) in [7, 11) is 1.84. The minimum Gasteiger partial charge on any atom is -0.380 e. The maximum atomic E-state index is 5.63. The van der Waals surface area contributed by atoms with Gasteiger partial charge in [0.05, 0.1) is 6.10 Å². The van der Waals surface area contributed by atoms with Crippen LogP contribution in [0.3, 0.4) is 0 Å². The van der Waals surface area contributed by atoms with E-state index in [4.69, 9.17) is 4.74 Å². The monoisotopic (exact) mass is 213 g/mol. The van der Waals surface area contributed by atoms with Gasteiger partial charge in [-0.3, -0.25) is 0 Å². The Labute approximate surface area is 94.8 Å². The summed E-state index contributed by atoms with van der Waals surface area (Å²) in [6.07, 6.45) is 5.95. The van der Waals surface area contributed by atoms with Gasteiger partial charge in [0.15, 0.2) is 0 Å². The van der Waals surface area contributed by atoms with Gasteiger partial charge in [-0.2, -0.15) is 0 Å². The summed E-state index contributed by atoms with van der Waals surface area (Å²) in [6.45, 7) is 7.73. The van der Waals surface area contributed by atoms with Gasteiger partial charge in [-0.15, -0.1) is 0 Å². The van der Waals surface area contributed by atoms with E-state index in [9.17, 15) is 0 Å². The summed E-state index contributed by atoms with van der Waals surface area (Å²) in [5, 5.41) is 3.59. The van der Waals surface area contributed by atoms with Gasteiger partial charge >= 0.3 is 0 Å². The normalized spacial score (nSPS) is 21.4. The molecule has 1 fully saturated rings. The van der Waals surface area contributed by atoms with Crippen molar-refractivity contribution in [1.82, 2.24) is 5.32 Å². The molecule has 0 aromatic heterocycles. The largest absolute Gasteiger partial charge is 0.380 e. The van der Waals surface area contributed by atoms with Crippen LogP contribution in [-0.4, -0.2) is 25.8 Å². The van der Waals surface area contributed by atoms with Crippen molar-refractivity contribution in [3.05, 3.63) is 0 Å². The lowest BCUT2D eigenvalue weighted by Crippen LogP contribution is -2.45. The van der Waals surface area contributed by atoms with E-state index in [0.717, 1.165) is 12.5 Å². The quantitative estimate of drug-likeness (QED) is 0.702. The highest BCUT2D eigenvalue weighted by Crippen LogP contribution is 2.32. The van der Waals surface area contributed by atoms with Crippen LogP contribution in [0.4, 0.5) is 0 Å². The smallest absolute Gasteiger partial charge is 0.0747 e. The Kier molecular flexibility index (Phi) is 5.62. The van der Waals surface area contributed by atoms with Crippen LogP contribution in [-0.2, 0) is 4.74 Å². The lowest BCUT2D eigenvalue weighted by Gasteiger charge is -2.35. The first-order chi connectivity index (χ1) is 7.19. The molecule has 2 heteroatoms. The second kappa shape index (κ2) is 6.49. The van der Waals surface area contributed by atoms with Crippen molar-refractivity contribution < 1.29 is 4.74 Å². The Bertz CT molecular complexity index is 166. The molecule has 2 unspecified atom stereocenters. The molecule has 0 spiro atoms. The van der Waals surface area contributed by atoms with E-state index in [1.165, 1.54) is 25.7 Å². The molecule has 0 aromatic rings. The van der Waals surface area contributed by atoms with Gasteiger partial charge in [-0.1, -0.05) is 40.0 Å². The van der Waals surface area contributed by atoms with Crippen LogP contribution in [0, 0.1) is 11.8 Å². The standard InChI is InChI=1S/C13H27NO/c1-5-14-12(9-11-7-6-8-11)13(15-4)10(2)3/h10-14H,5-9H2,1-4H3. The number of hydrogen-bond acceptors (Lipinski definition) is 2. The number of methoxy groups -OCH3 is 1. The maximum absolute atomic E-state index is 5.63. The highest BCUT2D eigenvalue weighted by molar-refractivity contribution is 4.84. The van der Waals surface area contributed by atoms with Gasteiger partial charge in [0.2, 0.25) is 0 Å². The van der Waals surface area contributed by atoms with Gasteiger partial charge in [0.1, 0.15) is 0 Å². The first-order valence-corrected chi connectivity index (χ1v) is 6.45. The van der Waals surface area contributed by atoms with Crippen molar-refractivity contribution in [2.45, 2.75) is 58.6 Å². The van der Waals surface area contributed by atoms with Crippen LogP contribution in [0.1, 0.15) is 46.5 Å². The van der Waals surface area contributed by atoms with Gasteiger partial charge in [-0.25, -0.2) is 0 Å². The summed E-state index contributed by atoms with van der Waals surface area (Å²) in [6, 6.07) is 0.547. The summed E-state index contributed by atoms with van der Waals surface area (Å²) >= 11 is 0. The zero-order chi connectivity index (χ0) is 11.3. The van der Waals surface area contributed by atoms with E-state index < -0.39 is 0 Å². The molecule has 0 aliphatic heterocycles. The highest BCUT2D eigenvalue weighted by atomic mass is 16.5. The Morgan fingerprint density at radius 1 is 1.33 bits per heavy atom. The summed E-state index contributed by atoms with van der Waals surface area (Å²) in [5.41, 5.74) is 0. The summed E-state index contributed by atoms with van der Waals surface area (Å²) < 4.78 is 5.63. The molecule has 15 heavy (non-hydrogen) atoms. The maximum Gasteiger partial charge on any atom is 0.0747 e. The molecule has 0 aromatic carbocycles. The predicted molar refractivity (Wildman–Crippen MR) is 65.1 cm³/mol. The molecule has 0 saturated heterocycles. The molecule has 1 saturated carbocycles. The van der Waals surface area contributed by atoms with Gasteiger partial charge in [0, 0.05) is 13.2 Å². The first-order valence-electron chi connectivity index (χ1n) is 6.45. The molecule has 1 rings (SSSR count). The average molecular weight is 213 g/mol. The zero-order valence-corrected chi connectivity index (χ0v) is 10.8. The Hall–Kier alpha value is -0.0800. The third-order valence-corrected chi connectivity index (χ3v) is 3.60. The number of ether oxygens (including phenoxy) is 1. The van der Waals surface area contributed by atoms with Crippen LogP contribution < -0.4 is 5.32 Å². The van der Waals surface area contributed by atoms with Crippen molar-refractivity contribution in [2.24, 2.45) is 11.8 Å². The SMILES string of the molecule is CCNC(CC1CCC1)C(OC)C(C)C. The van der Waals surface area contributed by atoms with Gasteiger partial charge in [-0.05, 0) is 24.8 Å². The van der Waals surface area contributed by atoms with Crippen LogP contribution in [0.25, 0.3) is 0 Å². The van der Waals surface area contributed by atoms with Crippen molar-refractivity contribution in [2.75, 3.05) is 13.7 Å². The number of hydrogen-bond donors (Lipinski definition) is 1. The lowest BCUT2D eigenvalue weighted by atomic mass is 9.79. The highest BCUT2D eigenvalue weighted by Gasteiger charge is 2.28. The molecule has 2 nitrogen and oxygen atoms in total. The molecule has 90 valence electrons. The molecule has 2 atom stereocenters. The van der Waals surface area contributed by atoms with Crippen LogP contribution in [0.15, 0.2) is 0 Å². The average Bonchev–Trinajstić information content (AvgIpc) is 2.11. The van der Waals surface area contributed by atoms with Crippen LogP contribution in [0.2, 0.25) is 0 Å². The van der Waals surface area contributed by atoms with Crippen LogP contribution >= 0.6 is 0 Å². The molecular formula is C13H27NO. The first kappa shape index (κ1) is 13.0. The van der Waals surface area contributed by atoms with Crippen molar-refractivity contribution in [3.63, 3.8) is 0 Å². The van der Waals surface area contributed by atoms with Crippen molar-refractivity contribution in [3.8, 4) is 0 Å². The van der Waals surface area contributed by atoms with E-state index >= 15 is 0 Å². The predicted octanol–water partition coefficient (Wildman–Crippen LogP) is 2.83. The Morgan fingerprint density at radius 2 is 2.00 bits per heavy atom. The van der Waals surface area contributed by atoms with E-state index in [-0.39, 0.29) is 0 Å². The molecule has 0 radical (unpaired) electrons. The zero-order valence-electron chi connectivity index (χ0n) is 10.8. The second-order valence-corrected chi connectivity index (χ2v) is 5.14. The molecule has 0 amide bonds. The van der Waals surface area contributed by atoms with E-state index in [0.29, 0.717) is 18.1 Å². The van der Waals surface area contributed by atoms with Crippen molar-refractivity contribution in [1.29, 1.82) is 0 Å². The Balaban J connectivity index is 2.45. The third kappa shape index (κ3) is 3.76. The minimum absolute atomic E-state index is 0.366. The fraction of sp³-hybridized carbons (Fsp3) is 1.00. The number of nitrogens with one attached hydrogen (secondary N) is 1. The fourth-order valence-corrected chi connectivity index (χ4v) is 2.58. The molecule has 0 heterocycles. The Morgan fingerprint density at radius 3 is 2.33 bits per heavy atom. The van der Waals surface area contributed by atoms with E-state index in [2.05, 4.69) is 26.1 Å². The third-order valence-electron chi connectivity index (χ3n) is 3.60. The number of rotatable bonds is 7. The molecule has 1 aliphatic rings. The molecule has 0 bridgehead atoms. The summed E-state index contributed by atoms with van der Waals surface area (Å²) in [5.74, 6) is 1.55. The molecule has 1 N–H and O–H groups in total. The summed E-state index contributed by atoms with van der Waals surface area (Å²) in [4.78, 5) is 0. The van der Waals surface area contributed by atoms with E-state index in [1.807, 2.05) is 7.11 Å². The van der Waals surface area contributed by atoms with E-state index in [1.54, 1.807) is 0 Å². The number of likely N-dealkylation sites (N-methyl/N-ethyl adjacent to an activating group) is 1. The molecular weight excluding hydrogens is 186 g/mol. The second-order valence-electron chi connectivity index (χ2n) is 5.14. The minimum atomic E-state index is 0.366. The van der Waals surface area contributed by atoms with Gasteiger partial charge < -0.3 is 10.1 Å². The van der Waals surface area contributed by atoms with Crippen molar-refractivity contribution >= 4 is 0 Å².